The first kappa shape index (κ1) is 17.4. The fraction of sp³-hybridized carbons (Fsp3) is 0.867. The molecule has 0 bridgehead atoms. The number of carbonyl (C=O) groups excluding carboxylic acids is 2. The van der Waals surface area contributed by atoms with Crippen LogP contribution in [0.3, 0.4) is 0 Å². The number of amides is 2. The van der Waals surface area contributed by atoms with Crippen molar-refractivity contribution in [2.75, 3.05) is 37.9 Å². The molecule has 0 aromatic rings. The Morgan fingerprint density at radius 3 is 2.59 bits per heavy atom. The van der Waals surface area contributed by atoms with Crippen LogP contribution in [0.4, 0.5) is 4.79 Å². The van der Waals surface area contributed by atoms with Gasteiger partial charge in [0.1, 0.15) is 0 Å². The normalized spacial score (nSPS) is 21.0. The van der Waals surface area contributed by atoms with Gasteiger partial charge in [-0.3, -0.25) is 4.79 Å². The zero-order valence-corrected chi connectivity index (χ0v) is 14.1. The third kappa shape index (κ3) is 4.52. The zero-order valence-electron chi connectivity index (χ0n) is 13.3. The number of ether oxygens (including phenoxy) is 1. The van der Waals surface area contributed by atoms with E-state index in [0.717, 1.165) is 43.9 Å². The Kier molecular flexibility index (Phi) is 6.82. The first-order valence-electron chi connectivity index (χ1n) is 8.17. The third-order valence-electron chi connectivity index (χ3n) is 4.38. The molecule has 0 spiro atoms. The van der Waals surface area contributed by atoms with Crippen molar-refractivity contribution in [1.82, 2.24) is 9.80 Å². The minimum atomic E-state index is -0.433. The zero-order chi connectivity index (χ0) is 15.9. The Labute approximate surface area is 136 Å². The van der Waals surface area contributed by atoms with Crippen LogP contribution in [0.15, 0.2) is 0 Å². The summed E-state index contributed by atoms with van der Waals surface area (Å²) in [5.74, 6) is 1.99. The molecule has 2 fully saturated rings. The predicted molar refractivity (Wildman–Crippen MR) is 87.6 cm³/mol. The Morgan fingerprint density at radius 1 is 1.27 bits per heavy atom. The van der Waals surface area contributed by atoms with Crippen molar-refractivity contribution in [2.45, 2.75) is 38.6 Å². The fourth-order valence-corrected chi connectivity index (χ4v) is 3.79. The SMILES string of the molecule is CCCCOC(=O)N1CCC([C@H](N)C(=O)N2CCSC2)CC1. The predicted octanol–water partition coefficient (Wildman–Crippen LogP) is 1.50. The van der Waals surface area contributed by atoms with Gasteiger partial charge in [-0.15, -0.1) is 11.8 Å². The Morgan fingerprint density at radius 2 is 2.00 bits per heavy atom. The van der Waals surface area contributed by atoms with Gasteiger partial charge < -0.3 is 20.3 Å². The maximum atomic E-state index is 12.3. The standard InChI is InChI=1S/C15H27N3O3S/c1-2-3-9-21-15(20)17-6-4-12(5-7-17)13(16)14(19)18-8-10-22-11-18/h12-13H,2-11,16H2,1H3/t13-/m0/s1. The van der Waals surface area contributed by atoms with Crippen LogP contribution < -0.4 is 5.73 Å². The molecule has 7 heteroatoms. The summed E-state index contributed by atoms with van der Waals surface area (Å²) < 4.78 is 5.22. The molecule has 2 saturated heterocycles. The molecule has 2 N–H and O–H groups in total. The number of likely N-dealkylation sites (tertiary alicyclic amines) is 1. The molecule has 0 aromatic carbocycles. The van der Waals surface area contributed by atoms with Crippen molar-refractivity contribution < 1.29 is 14.3 Å². The number of piperidine rings is 1. The van der Waals surface area contributed by atoms with Crippen LogP contribution in [-0.4, -0.2) is 65.7 Å². The lowest BCUT2D eigenvalue weighted by atomic mass is 9.89. The van der Waals surface area contributed by atoms with Crippen molar-refractivity contribution >= 4 is 23.8 Å². The van der Waals surface area contributed by atoms with Crippen LogP contribution in [0.2, 0.25) is 0 Å². The first-order valence-corrected chi connectivity index (χ1v) is 9.32. The highest BCUT2D eigenvalue weighted by molar-refractivity contribution is 7.99. The summed E-state index contributed by atoms with van der Waals surface area (Å²) in [6.45, 7) is 4.62. The Hall–Kier alpha value is -0.950. The Balaban J connectivity index is 1.74. The number of carbonyl (C=O) groups is 2. The van der Waals surface area contributed by atoms with E-state index in [1.807, 2.05) is 4.90 Å². The fourth-order valence-electron chi connectivity index (χ4n) is 2.84. The molecule has 0 radical (unpaired) electrons. The second-order valence-corrected chi connectivity index (χ2v) is 7.03. The molecule has 6 nitrogen and oxygen atoms in total. The number of unbranched alkanes of at least 4 members (excludes halogenated alkanes) is 1. The maximum absolute atomic E-state index is 12.3. The van der Waals surface area contributed by atoms with E-state index in [9.17, 15) is 9.59 Å². The number of hydrogen-bond acceptors (Lipinski definition) is 5. The molecule has 2 heterocycles. The summed E-state index contributed by atoms with van der Waals surface area (Å²) in [6.07, 6.45) is 3.23. The third-order valence-corrected chi connectivity index (χ3v) is 5.34. The van der Waals surface area contributed by atoms with Crippen molar-refractivity contribution in [3.8, 4) is 0 Å². The average molecular weight is 329 g/mol. The van der Waals surface area contributed by atoms with E-state index in [0.29, 0.717) is 19.7 Å². The highest BCUT2D eigenvalue weighted by Gasteiger charge is 2.33. The average Bonchev–Trinajstić information content (AvgIpc) is 3.08. The van der Waals surface area contributed by atoms with Gasteiger partial charge in [0.05, 0.1) is 18.5 Å². The quantitative estimate of drug-likeness (QED) is 0.774. The van der Waals surface area contributed by atoms with Crippen molar-refractivity contribution in [3.05, 3.63) is 0 Å². The van der Waals surface area contributed by atoms with Gasteiger partial charge in [-0.25, -0.2) is 4.79 Å². The van der Waals surface area contributed by atoms with Gasteiger partial charge >= 0.3 is 6.09 Å². The number of rotatable bonds is 5. The van der Waals surface area contributed by atoms with E-state index in [1.165, 1.54) is 0 Å². The van der Waals surface area contributed by atoms with Crippen LogP contribution in [-0.2, 0) is 9.53 Å². The van der Waals surface area contributed by atoms with Crippen LogP contribution in [0.1, 0.15) is 32.6 Å². The van der Waals surface area contributed by atoms with Gasteiger partial charge in [-0.05, 0) is 25.2 Å². The van der Waals surface area contributed by atoms with E-state index in [1.54, 1.807) is 16.7 Å². The summed E-state index contributed by atoms with van der Waals surface area (Å²) in [7, 11) is 0. The van der Waals surface area contributed by atoms with Gasteiger partial charge in [0.25, 0.3) is 0 Å². The van der Waals surface area contributed by atoms with Gasteiger partial charge in [-0.2, -0.15) is 0 Å². The van der Waals surface area contributed by atoms with Crippen molar-refractivity contribution in [1.29, 1.82) is 0 Å². The van der Waals surface area contributed by atoms with E-state index >= 15 is 0 Å². The number of nitrogens with two attached hydrogens (primary N) is 1. The maximum Gasteiger partial charge on any atom is 0.409 e. The van der Waals surface area contributed by atoms with Crippen LogP contribution in [0.5, 0.6) is 0 Å². The molecule has 1 atom stereocenters. The summed E-state index contributed by atoms with van der Waals surface area (Å²) in [6, 6.07) is -0.433. The molecule has 2 rings (SSSR count). The van der Waals surface area contributed by atoms with Crippen LogP contribution >= 0.6 is 11.8 Å². The lowest BCUT2D eigenvalue weighted by molar-refractivity contribution is -0.132. The second kappa shape index (κ2) is 8.62. The van der Waals surface area contributed by atoms with Crippen LogP contribution in [0, 0.1) is 5.92 Å². The van der Waals surface area contributed by atoms with Gasteiger partial charge in [0.2, 0.25) is 5.91 Å². The van der Waals surface area contributed by atoms with E-state index in [-0.39, 0.29) is 17.9 Å². The molecular weight excluding hydrogens is 302 g/mol. The van der Waals surface area contributed by atoms with Gasteiger partial charge in [0, 0.05) is 25.4 Å². The molecule has 2 aliphatic rings. The lowest BCUT2D eigenvalue weighted by Gasteiger charge is -2.34. The lowest BCUT2D eigenvalue weighted by Crippen LogP contribution is -2.50. The number of hydrogen-bond donors (Lipinski definition) is 1. The molecule has 0 saturated carbocycles. The molecule has 126 valence electrons. The van der Waals surface area contributed by atoms with E-state index < -0.39 is 6.04 Å². The van der Waals surface area contributed by atoms with Crippen molar-refractivity contribution in [3.63, 3.8) is 0 Å². The monoisotopic (exact) mass is 329 g/mol. The smallest absolute Gasteiger partial charge is 0.409 e. The van der Waals surface area contributed by atoms with Gasteiger partial charge in [0.15, 0.2) is 0 Å². The summed E-state index contributed by atoms with van der Waals surface area (Å²) in [4.78, 5) is 27.8. The second-order valence-electron chi connectivity index (χ2n) is 5.96. The van der Waals surface area contributed by atoms with Gasteiger partial charge in [-0.1, -0.05) is 13.3 Å². The van der Waals surface area contributed by atoms with Crippen LogP contribution in [0.25, 0.3) is 0 Å². The summed E-state index contributed by atoms with van der Waals surface area (Å²) in [5.41, 5.74) is 6.16. The highest BCUT2D eigenvalue weighted by atomic mass is 32.2. The first-order chi connectivity index (χ1) is 10.6. The molecule has 22 heavy (non-hydrogen) atoms. The topological polar surface area (TPSA) is 75.9 Å². The molecule has 2 aliphatic heterocycles. The molecular formula is C15H27N3O3S. The summed E-state index contributed by atoms with van der Waals surface area (Å²) >= 11 is 1.77. The minimum absolute atomic E-state index is 0.0639. The van der Waals surface area contributed by atoms with E-state index in [4.69, 9.17) is 10.5 Å². The number of nitrogens with zero attached hydrogens (tertiary/aromatic N) is 2. The summed E-state index contributed by atoms with van der Waals surface area (Å²) in [5, 5.41) is 0. The molecule has 2 amide bonds. The highest BCUT2D eigenvalue weighted by Crippen LogP contribution is 2.23. The largest absolute Gasteiger partial charge is 0.449 e. The molecule has 0 aromatic heterocycles. The van der Waals surface area contributed by atoms with Crippen molar-refractivity contribution in [2.24, 2.45) is 11.7 Å². The minimum Gasteiger partial charge on any atom is -0.449 e. The number of thioether (sulfide) groups is 1. The molecule has 0 unspecified atom stereocenters. The molecule has 0 aliphatic carbocycles. The van der Waals surface area contributed by atoms with E-state index in [2.05, 4.69) is 6.92 Å². The Bertz CT molecular complexity index is 380.